The van der Waals surface area contributed by atoms with Crippen LogP contribution in [0.1, 0.15) is 31.7 Å². The van der Waals surface area contributed by atoms with Gasteiger partial charge in [-0.3, -0.25) is 4.79 Å². The van der Waals surface area contributed by atoms with E-state index in [0.717, 1.165) is 5.56 Å². The molecule has 0 saturated heterocycles. The zero-order chi connectivity index (χ0) is 22.4. The molecule has 1 aromatic heterocycles. The summed E-state index contributed by atoms with van der Waals surface area (Å²) >= 11 is 0. The molecule has 2 aromatic carbocycles. The molecule has 164 valence electrons. The van der Waals surface area contributed by atoms with Crippen molar-refractivity contribution in [2.45, 2.75) is 38.5 Å². The second-order valence-electron chi connectivity index (χ2n) is 7.10. The number of nitrogens with one attached hydrogen (secondary N) is 1. The van der Waals surface area contributed by atoms with Crippen molar-refractivity contribution in [1.29, 1.82) is 0 Å². The van der Waals surface area contributed by atoms with Crippen LogP contribution in [0.15, 0.2) is 64.0 Å². The third kappa shape index (κ3) is 5.39. The van der Waals surface area contributed by atoms with Crippen molar-refractivity contribution < 1.29 is 17.6 Å². The SMILES string of the molecule is CCN(CC)S(=O)(=O)c1cc(NC(=O)CCc2ncc(-c3ccccc3)o2)ccc1C. The summed E-state index contributed by atoms with van der Waals surface area (Å²) in [7, 11) is -3.61. The Balaban J connectivity index is 1.66. The quantitative estimate of drug-likeness (QED) is 0.536. The number of rotatable bonds is 9. The third-order valence-electron chi connectivity index (χ3n) is 4.97. The van der Waals surface area contributed by atoms with Crippen LogP contribution >= 0.6 is 0 Å². The lowest BCUT2D eigenvalue weighted by Crippen LogP contribution is -2.31. The number of hydrogen-bond donors (Lipinski definition) is 1. The summed E-state index contributed by atoms with van der Waals surface area (Å²) in [6, 6.07) is 14.5. The second-order valence-corrected chi connectivity index (χ2v) is 9.01. The first-order chi connectivity index (χ1) is 14.8. The molecule has 0 aliphatic carbocycles. The maximum absolute atomic E-state index is 12.9. The monoisotopic (exact) mass is 441 g/mol. The minimum absolute atomic E-state index is 0.167. The van der Waals surface area contributed by atoms with E-state index >= 15 is 0 Å². The number of anilines is 1. The molecule has 3 rings (SSSR count). The van der Waals surface area contributed by atoms with E-state index in [1.54, 1.807) is 39.1 Å². The molecule has 0 aliphatic heterocycles. The molecule has 0 bridgehead atoms. The van der Waals surface area contributed by atoms with Gasteiger partial charge in [-0.1, -0.05) is 50.2 Å². The van der Waals surface area contributed by atoms with E-state index in [2.05, 4.69) is 10.3 Å². The summed E-state index contributed by atoms with van der Waals surface area (Å²) in [6.07, 6.45) is 2.16. The van der Waals surface area contributed by atoms with Crippen molar-refractivity contribution in [2.24, 2.45) is 0 Å². The molecule has 0 radical (unpaired) electrons. The Hall–Kier alpha value is -2.97. The minimum Gasteiger partial charge on any atom is -0.441 e. The molecule has 0 saturated carbocycles. The van der Waals surface area contributed by atoms with Gasteiger partial charge in [0.2, 0.25) is 15.9 Å². The highest BCUT2D eigenvalue weighted by atomic mass is 32.2. The smallest absolute Gasteiger partial charge is 0.243 e. The number of carbonyl (C=O) groups excluding carboxylic acids is 1. The molecule has 0 aliphatic rings. The van der Waals surface area contributed by atoms with Crippen LogP contribution in [0, 0.1) is 6.92 Å². The Bertz CT molecular complexity index is 1140. The molecule has 0 atom stereocenters. The normalized spacial score (nSPS) is 11.6. The fourth-order valence-corrected chi connectivity index (χ4v) is 4.97. The Morgan fingerprint density at radius 3 is 2.48 bits per heavy atom. The second kappa shape index (κ2) is 9.89. The number of benzene rings is 2. The standard InChI is InChI=1S/C23H27N3O4S/c1-4-26(5-2)31(28,29)21-15-19(12-11-17(21)3)25-22(27)13-14-23-24-16-20(30-23)18-9-7-6-8-10-18/h6-12,15-16H,4-5,13-14H2,1-3H3,(H,25,27). The molecule has 8 heteroatoms. The Labute approximate surface area is 183 Å². The van der Waals surface area contributed by atoms with Crippen molar-refractivity contribution in [3.05, 3.63) is 66.2 Å². The highest BCUT2D eigenvalue weighted by molar-refractivity contribution is 7.89. The van der Waals surface area contributed by atoms with Crippen molar-refractivity contribution >= 4 is 21.6 Å². The number of sulfonamides is 1. The first kappa shape index (κ1) is 22.7. The van der Waals surface area contributed by atoms with Gasteiger partial charge in [-0.2, -0.15) is 4.31 Å². The van der Waals surface area contributed by atoms with E-state index in [0.29, 0.717) is 42.4 Å². The lowest BCUT2D eigenvalue weighted by Gasteiger charge is -2.20. The minimum atomic E-state index is -3.61. The molecule has 1 amide bonds. The van der Waals surface area contributed by atoms with Gasteiger partial charge in [0.25, 0.3) is 0 Å². The van der Waals surface area contributed by atoms with Crippen LogP contribution in [0.3, 0.4) is 0 Å². The van der Waals surface area contributed by atoms with Crippen LogP contribution in [0.4, 0.5) is 5.69 Å². The summed E-state index contributed by atoms with van der Waals surface area (Å²) < 4.78 is 32.9. The average Bonchev–Trinajstić information content (AvgIpc) is 3.24. The van der Waals surface area contributed by atoms with Gasteiger partial charge in [0.15, 0.2) is 11.7 Å². The maximum atomic E-state index is 12.9. The predicted molar refractivity (Wildman–Crippen MR) is 120 cm³/mol. The van der Waals surface area contributed by atoms with Gasteiger partial charge in [-0.05, 0) is 24.6 Å². The summed E-state index contributed by atoms with van der Waals surface area (Å²) in [5.41, 5.74) is 2.00. The average molecular weight is 442 g/mol. The van der Waals surface area contributed by atoms with E-state index < -0.39 is 10.0 Å². The molecule has 0 spiro atoms. The number of aryl methyl sites for hydroxylation is 2. The fraction of sp³-hybridized carbons (Fsp3) is 0.304. The van der Waals surface area contributed by atoms with Crippen LogP contribution in [0.2, 0.25) is 0 Å². The van der Waals surface area contributed by atoms with E-state index in [-0.39, 0.29) is 17.2 Å². The van der Waals surface area contributed by atoms with Gasteiger partial charge in [-0.25, -0.2) is 13.4 Å². The van der Waals surface area contributed by atoms with E-state index in [1.165, 1.54) is 10.4 Å². The van der Waals surface area contributed by atoms with Gasteiger partial charge in [-0.15, -0.1) is 0 Å². The van der Waals surface area contributed by atoms with Crippen LogP contribution in [0.25, 0.3) is 11.3 Å². The van der Waals surface area contributed by atoms with Gasteiger partial charge in [0.05, 0.1) is 11.1 Å². The van der Waals surface area contributed by atoms with Gasteiger partial charge >= 0.3 is 0 Å². The van der Waals surface area contributed by atoms with Crippen LogP contribution in [-0.4, -0.2) is 36.7 Å². The van der Waals surface area contributed by atoms with E-state index in [4.69, 9.17) is 4.42 Å². The van der Waals surface area contributed by atoms with Crippen molar-refractivity contribution in [3.63, 3.8) is 0 Å². The first-order valence-corrected chi connectivity index (χ1v) is 11.7. The molecule has 7 nitrogen and oxygen atoms in total. The van der Waals surface area contributed by atoms with Crippen LogP contribution < -0.4 is 5.32 Å². The Morgan fingerprint density at radius 2 is 1.81 bits per heavy atom. The predicted octanol–water partition coefficient (Wildman–Crippen LogP) is 4.25. The lowest BCUT2D eigenvalue weighted by atomic mass is 10.2. The van der Waals surface area contributed by atoms with Crippen molar-refractivity contribution in [1.82, 2.24) is 9.29 Å². The number of oxazole rings is 1. The third-order valence-corrected chi connectivity index (χ3v) is 7.16. The zero-order valence-corrected chi connectivity index (χ0v) is 18.8. The number of hydrogen-bond acceptors (Lipinski definition) is 5. The zero-order valence-electron chi connectivity index (χ0n) is 18.0. The molecule has 0 unspecified atom stereocenters. The molecule has 1 heterocycles. The lowest BCUT2D eigenvalue weighted by molar-refractivity contribution is -0.116. The fourth-order valence-electron chi connectivity index (χ4n) is 3.26. The molecule has 0 fully saturated rings. The Morgan fingerprint density at radius 1 is 1.10 bits per heavy atom. The van der Waals surface area contributed by atoms with Gasteiger partial charge in [0, 0.05) is 37.2 Å². The first-order valence-electron chi connectivity index (χ1n) is 10.3. The molecule has 3 aromatic rings. The number of nitrogens with zero attached hydrogens (tertiary/aromatic N) is 2. The molecule has 31 heavy (non-hydrogen) atoms. The van der Waals surface area contributed by atoms with E-state index in [1.807, 2.05) is 30.3 Å². The number of amides is 1. The Kier molecular flexibility index (Phi) is 7.25. The summed E-state index contributed by atoms with van der Waals surface area (Å²) in [6.45, 7) is 6.11. The highest BCUT2D eigenvalue weighted by Gasteiger charge is 2.24. The van der Waals surface area contributed by atoms with E-state index in [9.17, 15) is 13.2 Å². The van der Waals surface area contributed by atoms with Gasteiger partial charge in [0.1, 0.15) is 0 Å². The molecular formula is C23H27N3O4S. The van der Waals surface area contributed by atoms with Crippen LogP contribution in [0.5, 0.6) is 0 Å². The van der Waals surface area contributed by atoms with Crippen LogP contribution in [-0.2, 0) is 21.2 Å². The number of carbonyl (C=O) groups is 1. The summed E-state index contributed by atoms with van der Waals surface area (Å²) in [5.74, 6) is 0.887. The van der Waals surface area contributed by atoms with Crippen molar-refractivity contribution in [2.75, 3.05) is 18.4 Å². The summed E-state index contributed by atoms with van der Waals surface area (Å²) in [5, 5.41) is 2.77. The largest absolute Gasteiger partial charge is 0.441 e. The van der Waals surface area contributed by atoms with Gasteiger partial charge < -0.3 is 9.73 Å². The number of aromatic nitrogens is 1. The molecule has 1 N–H and O–H groups in total. The summed E-state index contributed by atoms with van der Waals surface area (Å²) in [4.78, 5) is 16.9. The van der Waals surface area contributed by atoms with Crippen molar-refractivity contribution in [3.8, 4) is 11.3 Å². The molecular weight excluding hydrogens is 414 g/mol. The maximum Gasteiger partial charge on any atom is 0.243 e. The topological polar surface area (TPSA) is 92.5 Å². The highest BCUT2D eigenvalue weighted by Crippen LogP contribution is 2.24.